The molecule has 0 spiro atoms. The van der Waals surface area contributed by atoms with Crippen LogP contribution in [0.4, 0.5) is 4.79 Å². The molecule has 0 aromatic heterocycles. The Morgan fingerprint density at radius 2 is 1.65 bits per heavy atom. The summed E-state index contributed by atoms with van der Waals surface area (Å²) in [5.74, 6) is 3.04. The Kier molecular flexibility index (Phi) is 7.59. The summed E-state index contributed by atoms with van der Waals surface area (Å²) in [4.78, 5) is 27.1. The first kappa shape index (κ1) is 30.7. The molecule has 0 radical (unpaired) electrons. The first-order valence-corrected chi connectivity index (χ1v) is 16.8. The monoisotopic (exact) mass is 591 g/mol. The van der Waals surface area contributed by atoms with Crippen LogP contribution in [0, 0.1) is 45.8 Å². The fourth-order valence-electron chi connectivity index (χ4n) is 11.5. The van der Waals surface area contributed by atoms with Gasteiger partial charge in [0.1, 0.15) is 12.4 Å². The van der Waals surface area contributed by atoms with E-state index in [1.165, 1.54) is 12.0 Å². The van der Waals surface area contributed by atoms with Crippen LogP contribution in [0.2, 0.25) is 0 Å². The Labute approximate surface area is 258 Å². The quantitative estimate of drug-likeness (QED) is 0.368. The minimum absolute atomic E-state index is 0.0613. The average Bonchev–Trinajstić information content (AvgIpc) is 3.26. The molecule has 0 heterocycles. The maximum Gasteiger partial charge on any atom is 0.408 e. The van der Waals surface area contributed by atoms with E-state index >= 15 is 0 Å². The highest BCUT2D eigenvalue weighted by Crippen LogP contribution is 2.72. The van der Waals surface area contributed by atoms with E-state index in [1.54, 1.807) is 7.11 Å². The highest BCUT2D eigenvalue weighted by Gasteiger charge is 2.66. The summed E-state index contributed by atoms with van der Waals surface area (Å²) in [5.41, 5.74) is 2.80. The Morgan fingerprint density at radius 1 is 0.953 bits per heavy atom. The number of rotatable bonds is 5. The molecule has 43 heavy (non-hydrogen) atoms. The zero-order valence-corrected chi connectivity index (χ0v) is 27.4. The molecule has 0 saturated heterocycles. The Morgan fingerprint density at radius 3 is 2.33 bits per heavy atom. The largest absolute Gasteiger partial charge is 0.497 e. The second kappa shape index (κ2) is 10.6. The molecule has 6 rings (SSSR count). The predicted octanol–water partition coefficient (Wildman–Crippen LogP) is 7.63. The summed E-state index contributed by atoms with van der Waals surface area (Å²) in [5, 5.41) is 14.3. The van der Waals surface area contributed by atoms with Crippen molar-refractivity contribution in [3.05, 3.63) is 41.0 Å². The normalized spacial score (nSPS) is 39.8. The second-order valence-electron chi connectivity index (χ2n) is 16.1. The van der Waals surface area contributed by atoms with Gasteiger partial charge in [-0.1, -0.05) is 53.7 Å². The summed E-state index contributed by atoms with van der Waals surface area (Å²) in [6.45, 7) is 14.1. The molecule has 4 fully saturated rings. The number of aliphatic hydroxyl groups is 1. The molecule has 0 aliphatic heterocycles. The van der Waals surface area contributed by atoms with Gasteiger partial charge in [-0.3, -0.25) is 4.79 Å². The molecule has 8 unspecified atom stereocenters. The number of alkyl carbamates (subject to hydrolysis) is 1. The highest BCUT2D eigenvalue weighted by atomic mass is 16.5. The molecule has 236 valence electrons. The summed E-state index contributed by atoms with van der Waals surface area (Å²) >= 11 is 0. The molecule has 1 amide bonds. The Hall–Kier alpha value is -2.34. The van der Waals surface area contributed by atoms with Gasteiger partial charge in [-0.05, 0) is 126 Å². The minimum Gasteiger partial charge on any atom is -0.497 e. The van der Waals surface area contributed by atoms with Gasteiger partial charge in [-0.25, -0.2) is 4.79 Å². The van der Waals surface area contributed by atoms with Crippen LogP contribution < -0.4 is 10.1 Å². The maximum atomic E-state index is 13.7. The molecule has 5 aliphatic rings. The van der Waals surface area contributed by atoms with Gasteiger partial charge in [0.15, 0.2) is 5.78 Å². The average molecular weight is 592 g/mol. The molecule has 0 bridgehead atoms. The van der Waals surface area contributed by atoms with Gasteiger partial charge in [-0.2, -0.15) is 0 Å². The standard InChI is InChI=1S/C37H53NO5/c1-22(2)31-27(39)20-37(38-33(41)43-21-23-8-10-24(42-7)11-9-23)19-14-26-25(32(31)37)12-13-29-35(26,5)17-15-28-34(3,4)30(40)16-18-36(28,29)6/h8-11,22,25-26,28-30,40H,12-21H2,1-7H3,(H,38,41). The summed E-state index contributed by atoms with van der Waals surface area (Å²) in [6.07, 6.45) is 8.04. The number of methoxy groups -OCH3 is 1. The molecular weight excluding hydrogens is 538 g/mol. The third-order valence-corrected chi connectivity index (χ3v) is 13.4. The maximum absolute atomic E-state index is 13.7. The van der Waals surface area contributed by atoms with Gasteiger partial charge in [-0.15, -0.1) is 0 Å². The number of Topliss-reactive ketones (excluding diaryl/α,β-unsaturated/α-hetero) is 1. The van der Waals surface area contributed by atoms with Crippen molar-refractivity contribution < 1.29 is 24.2 Å². The topological polar surface area (TPSA) is 84.9 Å². The number of benzene rings is 1. The van der Waals surface area contributed by atoms with Crippen LogP contribution in [0.1, 0.15) is 105 Å². The molecule has 8 atom stereocenters. The van der Waals surface area contributed by atoms with Crippen molar-refractivity contribution in [3.63, 3.8) is 0 Å². The highest BCUT2D eigenvalue weighted by molar-refractivity contribution is 6.02. The number of amides is 1. The molecule has 5 aliphatic carbocycles. The summed E-state index contributed by atoms with van der Waals surface area (Å²) in [6, 6.07) is 7.53. The number of hydrogen-bond donors (Lipinski definition) is 2. The van der Waals surface area contributed by atoms with Crippen LogP contribution in [-0.2, 0) is 16.1 Å². The van der Waals surface area contributed by atoms with E-state index in [4.69, 9.17) is 9.47 Å². The Bertz CT molecular complexity index is 1300. The fraction of sp³-hybridized carbons (Fsp3) is 0.730. The molecular formula is C37H53NO5. The van der Waals surface area contributed by atoms with Gasteiger partial charge in [0, 0.05) is 6.42 Å². The van der Waals surface area contributed by atoms with Gasteiger partial charge < -0.3 is 19.9 Å². The number of carbonyl (C=O) groups is 2. The lowest BCUT2D eigenvalue weighted by molar-refractivity contribution is -0.202. The van der Waals surface area contributed by atoms with Crippen LogP contribution in [0.5, 0.6) is 5.75 Å². The van der Waals surface area contributed by atoms with Gasteiger partial charge in [0.25, 0.3) is 0 Å². The molecule has 4 saturated carbocycles. The van der Waals surface area contributed by atoms with E-state index in [0.717, 1.165) is 61.8 Å². The summed E-state index contributed by atoms with van der Waals surface area (Å²) in [7, 11) is 1.63. The number of hydrogen-bond acceptors (Lipinski definition) is 5. The SMILES string of the molecule is COc1ccc(COC(=O)NC23CCC4C(CCC5C4(C)CCC4C(C)(C)C(O)CCC45C)C2=C(C(C)C)C(=O)C3)cc1. The minimum atomic E-state index is -0.643. The molecule has 6 heteroatoms. The predicted molar refractivity (Wildman–Crippen MR) is 167 cm³/mol. The van der Waals surface area contributed by atoms with E-state index < -0.39 is 11.6 Å². The van der Waals surface area contributed by atoms with Crippen molar-refractivity contribution in [3.8, 4) is 5.75 Å². The third kappa shape index (κ3) is 4.68. The van der Waals surface area contributed by atoms with Crippen LogP contribution in [0.3, 0.4) is 0 Å². The number of aliphatic hydroxyl groups excluding tert-OH is 1. The molecule has 1 aromatic rings. The Balaban J connectivity index is 1.27. The second-order valence-corrected chi connectivity index (χ2v) is 16.1. The number of fused-ring (bicyclic) bond motifs is 7. The van der Waals surface area contributed by atoms with E-state index in [9.17, 15) is 14.7 Å². The van der Waals surface area contributed by atoms with Crippen LogP contribution in [0.25, 0.3) is 0 Å². The van der Waals surface area contributed by atoms with Crippen molar-refractivity contribution in [2.24, 2.45) is 45.8 Å². The van der Waals surface area contributed by atoms with Crippen molar-refractivity contribution >= 4 is 11.9 Å². The lowest BCUT2D eigenvalue weighted by Gasteiger charge is -2.68. The first-order chi connectivity index (χ1) is 20.3. The number of allylic oxidation sites excluding steroid dienone is 1. The van der Waals surface area contributed by atoms with Gasteiger partial charge in [0.2, 0.25) is 0 Å². The molecule has 2 N–H and O–H groups in total. The van der Waals surface area contributed by atoms with Crippen molar-refractivity contribution in [1.29, 1.82) is 0 Å². The van der Waals surface area contributed by atoms with Gasteiger partial charge >= 0.3 is 6.09 Å². The number of nitrogens with one attached hydrogen (secondary N) is 1. The third-order valence-electron chi connectivity index (χ3n) is 13.4. The van der Waals surface area contributed by atoms with Crippen molar-refractivity contribution in [1.82, 2.24) is 5.32 Å². The van der Waals surface area contributed by atoms with E-state index in [2.05, 4.69) is 46.9 Å². The zero-order chi connectivity index (χ0) is 30.9. The van der Waals surface area contributed by atoms with Crippen LogP contribution in [-0.4, -0.2) is 35.7 Å². The first-order valence-electron chi connectivity index (χ1n) is 16.8. The molecule has 1 aromatic carbocycles. The zero-order valence-electron chi connectivity index (χ0n) is 27.4. The summed E-state index contributed by atoms with van der Waals surface area (Å²) < 4.78 is 11.0. The fourth-order valence-corrected chi connectivity index (χ4v) is 11.5. The number of ether oxygens (including phenoxy) is 2. The smallest absolute Gasteiger partial charge is 0.408 e. The van der Waals surface area contributed by atoms with Crippen molar-refractivity contribution in [2.75, 3.05) is 7.11 Å². The number of carbonyl (C=O) groups excluding carboxylic acids is 2. The van der Waals surface area contributed by atoms with E-state index in [-0.39, 0.29) is 40.7 Å². The lowest BCUT2D eigenvalue weighted by Crippen LogP contribution is -2.64. The van der Waals surface area contributed by atoms with Crippen LogP contribution >= 0.6 is 0 Å². The van der Waals surface area contributed by atoms with Gasteiger partial charge in [0.05, 0.1) is 18.8 Å². The van der Waals surface area contributed by atoms with Crippen molar-refractivity contribution in [2.45, 2.75) is 118 Å². The van der Waals surface area contributed by atoms with Crippen LogP contribution in [0.15, 0.2) is 35.4 Å². The lowest BCUT2D eigenvalue weighted by atomic mass is 9.37. The molecule has 6 nitrogen and oxygen atoms in total. The van der Waals surface area contributed by atoms with E-state index in [1.807, 2.05) is 24.3 Å². The van der Waals surface area contributed by atoms with E-state index in [0.29, 0.717) is 30.1 Å². The number of ketones is 1.